The third-order valence-electron chi connectivity index (χ3n) is 7.31. The van der Waals surface area contributed by atoms with Crippen molar-refractivity contribution in [3.8, 4) is 5.75 Å². The zero-order valence-corrected chi connectivity index (χ0v) is 16.6. The summed E-state index contributed by atoms with van der Waals surface area (Å²) in [6, 6.07) is 5.83. The topological polar surface area (TPSA) is 66.8 Å². The van der Waals surface area contributed by atoms with E-state index in [0.717, 1.165) is 38.5 Å². The molecule has 0 heterocycles. The first-order chi connectivity index (χ1) is 12.2. The summed E-state index contributed by atoms with van der Waals surface area (Å²) in [4.78, 5) is 0. The summed E-state index contributed by atoms with van der Waals surface area (Å²) in [5.41, 5.74) is 2.61. The molecule has 0 amide bonds. The highest BCUT2D eigenvalue weighted by Crippen LogP contribution is 2.61. The van der Waals surface area contributed by atoms with E-state index in [4.69, 9.17) is 4.18 Å². The molecule has 0 spiro atoms. The van der Waals surface area contributed by atoms with Crippen molar-refractivity contribution in [1.82, 2.24) is 4.31 Å². The van der Waals surface area contributed by atoms with Crippen molar-refractivity contribution in [1.29, 1.82) is 0 Å². The average molecular weight is 380 g/mol. The zero-order chi connectivity index (χ0) is 18.7. The van der Waals surface area contributed by atoms with E-state index in [9.17, 15) is 13.5 Å². The van der Waals surface area contributed by atoms with Gasteiger partial charge < -0.3 is 5.11 Å². The summed E-state index contributed by atoms with van der Waals surface area (Å²) in [7, 11) is -0.603. The number of aryl methyl sites for hydroxylation is 1. The maximum absolute atomic E-state index is 12.3. The average Bonchev–Trinajstić information content (AvgIpc) is 2.90. The molecule has 3 aliphatic rings. The molecule has 4 rings (SSSR count). The van der Waals surface area contributed by atoms with E-state index in [-0.39, 0.29) is 11.5 Å². The number of fused-ring (bicyclic) bond motifs is 5. The summed E-state index contributed by atoms with van der Waals surface area (Å²) in [5.74, 6) is 1.97. The molecule has 26 heavy (non-hydrogen) atoms. The molecule has 2 fully saturated rings. The molecule has 0 radical (unpaired) electrons. The maximum Gasteiger partial charge on any atom is 0.338 e. The van der Waals surface area contributed by atoms with Crippen molar-refractivity contribution in [3.05, 3.63) is 29.3 Å². The maximum atomic E-state index is 12.3. The summed E-state index contributed by atoms with van der Waals surface area (Å²) >= 11 is 0. The first-order valence-electron chi connectivity index (χ1n) is 9.65. The Hall–Kier alpha value is -1.11. The standard InChI is InChI=1S/C20H29NO4S/c1-20-11-10-16-15-7-5-14(22)12-13(15)4-6-17(16)18(20)8-9-19(20)25-26(23,24)21(2)3/h5,7,12,16-19,22H,4,6,8-11H2,1-3H3/t16-,17-,18+,19+,20+/m1/s1. The Bertz CT molecular complexity index is 806. The van der Waals surface area contributed by atoms with E-state index < -0.39 is 10.3 Å². The third kappa shape index (κ3) is 2.77. The van der Waals surface area contributed by atoms with E-state index >= 15 is 0 Å². The van der Waals surface area contributed by atoms with Gasteiger partial charge in [-0.25, -0.2) is 0 Å². The van der Waals surface area contributed by atoms with Crippen LogP contribution in [-0.2, 0) is 20.9 Å². The van der Waals surface area contributed by atoms with Crippen molar-refractivity contribution >= 4 is 10.3 Å². The lowest BCUT2D eigenvalue weighted by atomic mass is 9.55. The molecule has 1 aromatic carbocycles. The number of nitrogens with zero attached hydrogens (tertiary/aromatic N) is 1. The van der Waals surface area contributed by atoms with Gasteiger partial charge in [-0.3, -0.25) is 4.18 Å². The molecular formula is C20H29NO4S. The van der Waals surface area contributed by atoms with Crippen LogP contribution < -0.4 is 0 Å². The third-order valence-corrected chi connectivity index (χ3v) is 8.68. The second-order valence-electron chi connectivity index (χ2n) is 8.75. The Morgan fingerprint density at radius 3 is 2.69 bits per heavy atom. The highest BCUT2D eigenvalue weighted by atomic mass is 32.2. The normalized spacial score (nSPS) is 36.5. The summed E-state index contributed by atoms with van der Waals surface area (Å²) in [6.45, 7) is 2.24. The van der Waals surface area contributed by atoms with Crippen LogP contribution in [0.15, 0.2) is 18.2 Å². The van der Waals surface area contributed by atoms with Crippen LogP contribution in [0.1, 0.15) is 56.1 Å². The van der Waals surface area contributed by atoms with Crippen LogP contribution in [-0.4, -0.2) is 38.0 Å². The van der Waals surface area contributed by atoms with Crippen molar-refractivity contribution in [2.24, 2.45) is 17.3 Å². The largest absolute Gasteiger partial charge is 0.508 e. The zero-order valence-electron chi connectivity index (χ0n) is 15.8. The number of hydrogen-bond acceptors (Lipinski definition) is 4. The molecule has 144 valence electrons. The first-order valence-corrected chi connectivity index (χ1v) is 11.0. The fourth-order valence-corrected chi connectivity index (χ4v) is 6.69. The van der Waals surface area contributed by atoms with Gasteiger partial charge in [0.25, 0.3) is 0 Å². The monoisotopic (exact) mass is 379 g/mol. The lowest BCUT2D eigenvalue weighted by Crippen LogP contribution is -2.46. The van der Waals surface area contributed by atoms with Crippen LogP contribution in [0.2, 0.25) is 0 Å². The van der Waals surface area contributed by atoms with Gasteiger partial charge in [-0.2, -0.15) is 12.7 Å². The van der Waals surface area contributed by atoms with Crippen LogP contribution in [0.5, 0.6) is 5.75 Å². The molecule has 6 heteroatoms. The number of hydrogen-bond donors (Lipinski definition) is 1. The number of phenols is 1. The van der Waals surface area contributed by atoms with Gasteiger partial charge in [-0.1, -0.05) is 13.0 Å². The quantitative estimate of drug-likeness (QED) is 0.874. The molecule has 1 aromatic rings. The van der Waals surface area contributed by atoms with Crippen molar-refractivity contribution in [2.75, 3.05) is 14.1 Å². The van der Waals surface area contributed by atoms with Crippen LogP contribution >= 0.6 is 0 Å². The molecule has 5 atom stereocenters. The van der Waals surface area contributed by atoms with Gasteiger partial charge in [0.05, 0.1) is 6.10 Å². The molecule has 5 nitrogen and oxygen atoms in total. The Morgan fingerprint density at radius 1 is 1.19 bits per heavy atom. The number of rotatable bonds is 3. The minimum absolute atomic E-state index is 0.0708. The summed E-state index contributed by atoms with van der Waals surface area (Å²) < 4.78 is 31.4. The SMILES string of the molecule is CN(C)S(=O)(=O)O[C@H]1CC[C@H]2[C@@H]3CCc4cc(O)ccc4[C@H]3CC[C@]12C. The predicted molar refractivity (Wildman–Crippen MR) is 100 cm³/mol. The molecule has 0 saturated heterocycles. The molecule has 0 bridgehead atoms. The fraction of sp³-hybridized carbons (Fsp3) is 0.700. The Morgan fingerprint density at radius 2 is 1.96 bits per heavy atom. The number of phenolic OH excluding ortho intramolecular Hbond substituents is 1. The fourth-order valence-electron chi connectivity index (χ4n) is 5.91. The second-order valence-corrected chi connectivity index (χ2v) is 10.5. The van der Waals surface area contributed by atoms with Crippen molar-refractivity contribution in [3.63, 3.8) is 0 Å². The first kappa shape index (κ1) is 18.3. The van der Waals surface area contributed by atoms with Gasteiger partial charge in [0.2, 0.25) is 0 Å². The van der Waals surface area contributed by atoms with Gasteiger partial charge in [0.1, 0.15) is 5.75 Å². The number of aromatic hydroxyl groups is 1. The molecule has 0 aliphatic heterocycles. The van der Waals surface area contributed by atoms with E-state index in [1.54, 1.807) is 6.07 Å². The van der Waals surface area contributed by atoms with Crippen LogP contribution in [0.4, 0.5) is 0 Å². The van der Waals surface area contributed by atoms with Gasteiger partial charge in [0, 0.05) is 14.1 Å². The predicted octanol–water partition coefficient (Wildman–Crippen LogP) is 3.44. The van der Waals surface area contributed by atoms with Crippen LogP contribution in [0, 0.1) is 17.3 Å². The van der Waals surface area contributed by atoms with E-state index in [1.165, 1.54) is 29.5 Å². The molecule has 0 unspecified atom stereocenters. The summed E-state index contributed by atoms with van der Waals surface area (Å²) in [5, 5.41) is 9.79. The Balaban J connectivity index is 1.60. The smallest absolute Gasteiger partial charge is 0.338 e. The molecular weight excluding hydrogens is 350 g/mol. The van der Waals surface area contributed by atoms with Gasteiger partial charge in [-0.15, -0.1) is 0 Å². The van der Waals surface area contributed by atoms with Gasteiger partial charge in [0.15, 0.2) is 0 Å². The van der Waals surface area contributed by atoms with E-state index in [2.05, 4.69) is 13.0 Å². The minimum atomic E-state index is -3.65. The second kappa shape index (κ2) is 6.21. The van der Waals surface area contributed by atoms with Crippen molar-refractivity contribution < 1.29 is 17.7 Å². The lowest BCUT2D eigenvalue weighted by Gasteiger charge is -2.50. The molecule has 2 saturated carbocycles. The van der Waals surface area contributed by atoms with Crippen molar-refractivity contribution in [2.45, 2.75) is 57.5 Å². The van der Waals surface area contributed by atoms with E-state index in [1.807, 2.05) is 6.07 Å². The Labute approximate surface area is 156 Å². The van der Waals surface area contributed by atoms with Crippen LogP contribution in [0.3, 0.4) is 0 Å². The molecule has 0 aromatic heterocycles. The molecule has 3 aliphatic carbocycles. The lowest BCUT2D eigenvalue weighted by molar-refractivity contribution is -0.0103. The van der Waals surface area contributed by atoms with Gasteiger partial charge >= 0.3 is 10.3 Å². The highest BCUT2D eigenvalue weighted by molar-refractivity contribution is 7.84. The van der Waals surface area contributed by atoms with Crippen LogP contribution in [0.25, 0.3) is 0 Å². The minimum Gasteiger partial charge on any atom is -0.508 e. The highest BCUT2D eigenvalue weighted by Gasteiger charge is 2.56. The number of benzene rings is 1. The van der Waals surface area contributed by atoms with Gasteiger partial charge in [-0.05, 0) is 85.0 Å². The Kier molecular flexibility index (Phi) is 4.36. The summed E-state index contributed by atoms with van der Waals surface area (Å²) in [6.07, 6.45) is 5.82. The van der Waals surface area contributed by atoms with E-state index in [0.29, 0.717) is 23.5 Å². The molecule has 1 N–H and O–H groups in total.